The first-order chi connectivity index (χ1) is 10.2. The quantitative estimate of drug-likeness (QED) is 0.741. The molecule has 0 heterocycles. The van der Waals surface area contributed by atoms with Crippen LogP contribution in [0.5, 0.6) is 0 Å². The van der Waals surface area contributed by atoms with E-state index in [1.165, 1.54) is 26.0 Å². The molecule has 0 bridgehead atoms. The number of carboxylic acid groups (broad SMARTS) is 1. The summed E-state index contributed by atoms with van der Waals surface area (Å²) in [5.74, 6) is -1.84. The van der Waals surface area contributed by atoms with E-state index in [9.17, 15) is 14.0 Å². The van der Waals surface area contributed by atoms with E-state index in [1.54, 1.807) is 4.90 Å². The molecule has 1 aromatic rings. The van der Waals surface area contributed by atoms with Gasteiger partial charge in [-0.05, 0) is 18.6 Å². The molecule has 1 amide bonds. The second-order valence-corrected chi connectivity index (χ2v) is 5.56. The molecular weight excluding hydrogens is 334 g/mol. The van der Waals surface area contributed by atoms with Gasteiger partial charge in [0.25, 0.3) is 0 Å². The summed E-state index contributed by atoms with van der Waals surface area (Å²) in [6, 6.07) is 1.85. The van der Waals surface area contributed by atoms with Crippen molar-refractivity contribution in [3.8, 4) is 0 Å². The van der Waals surface area contributed by atoms with E-state index in [0.717, 1.165) is 0 Å². The first kappa shape index (κ1) is 18.7. The smallest absolute Gasteiger partial charge is 0.320 e. The lowest BCUT2D eigenvalue weighted by Crippen LogP contribution is -2.42. The molecule has 22 heavy (non-hydrogen) atoms. The van der Waals surface area contributed by atoms with Gasteiger partial charge in [0.1, 0.15) is 11.9 Å². The number of amides is 1. The molecule has 1 unspecified atom stereocenters. The molecular formula is C14H17Cl2FN2O3. The number of carboxylic acids is 1. The molecule has 122 valence electrons. The molecule has 0 saturated carbocycles. The van der Waals surface area contributed by atoms with Gasteiger partial charge >= 0.3 is 5.97 Å². The molecule has 5 nitrogen and oxygen atoms in total. The fourth-order valence-electron chi connectivity index (χ4n) is 1.85. The first-order valence-electron chi connectivity index (χ1n) is 6.57. The van der Waals surface area contributed by atoms with Crippen LogP contribution in [0.1, 0.15) is 19.4 Å². The third kappa shape index (κ3) is 5.12. The van der Waals surface area contributed by atoms with E-state index in [0.29, 0.717) is 18.7 Å². The second-order valence-electron chi connectivity index (χ2n) is 4.80. The molecule has 1 aromatic carbocycles. The molecule has 0 aliphatic heterocycles. The lowest BCUT2D eigenvalue weighted by atomic mass is 10.1. The molecule has 8 heteroatoms. The highest BCUT2D eigenvalue weighted by Gasteiger charge is 2.22. The zero-order valence-corrected chi connectivity index (χ0v) is 13.7. The summed E-state index contributed by atoms with van der Waals surface area (Å²) in [5.41, 5.74) is 0.518. The van der Waals surface area contributed by atoms with Gasteiger partial charge in [0.15, 0.2) is 0 Å². The standard InChI is InChI=1S/C14H17Cl2FN2O3/c1-8(14(21)22)19(6-5-18-9(2)20)7-10-3-4-11(17)13(16)12(10)15/h3-4,8H,5-7H2,1-2H3,(H,18,20)(H,21,22). The molecule has 0 aromatic heterocycles. The number of hydrogen-bond donors (Lipinski definition) is 2. The third-order valence-electron chi connectivity index (χ3n) is 3.17. The van der Waals surface area contributed by atoms with Crippen molar-refractivity contribution in [2.75, 3.05) is 13.1 Å². The molecule has 1 atom stereocenters. The average molecular weight is 351 g/mol. The molecule has 2 N–H and O–H groups in total. The van der Waals surface area contributed by atoms with Gasteiger partial charge in [-0.2, -0.15) is 0 Å². The minimum Gasteiger partial charge on any atom is -0.480 e. The van der Waals surface area contributed by atoms with E-state index >= 15 is 0 Å². The Balaban J connectivity index is 2.90. The zero-order chi connectivity index (χ0) is 16.9. The predicted octanol–water partition coefficient (Wildman–Crippen LogP) is 2.54. The Bertz CT molecular complexity index is 569. The highest BCUT2D eigenvalue weighted by molar-refractivity contribution is 6.42. The Morgan fingerprint density at radius 3 is 2.55 bits per heavy atom. The highest BCUT2D eigenvalue weighted by atomic mass is 35.5. The number of rotatable bonds is 7. The lowest BCUT2D eigenvalue weighted by Gasteiger charge is -2.27. The van der Waals surface area contributed by atoms with Crippen molar-refractivity contribution in [3.05, 3.63) is 33.6 Å². The van der Waals surface area contributed by atoms with Gasteiger partial charge in [-0.25, -0.2) is 4.39 Å². The van der Waals surface area contributed by atoms with Crippen molar-refractivity contribution >= 4 is 35.1 Å². The Labute approximate surface area is 138 Å². The summed E-state index contributed by atoms with van der Waals surface area (Å²) in [4.78, 5) is 23.7. The minimum atomic E-state index is -1.01. The van der Waals surface area contributed by atoms with Gasteiger partial charge < -0.3 is 10.4 Å². The number of aliphatic carboxylic acids is 1. The van der Waals surface area contributed by atoms with Crippen molar-refractivity contribution < 1.29 is 19.1 Å². The predicted molar refractivity (Wildman–Crippen MR) is 82.6 cm³/mol. The van der Waals surface area contributed by atoms with Crippen molar-refractivity contribution in [1.29, 1.82) is 0 Å². The van der Waals surface area contributed by atoms with Crippen molar-refractivity contribution in [3.63, 3.8) is 0 Å². The van der Waals surface area contributed by atoms with Crippen LogP contribution in [0, 0.1) is 5.82 Å². The van der Waals surface area contributed by atoms with Crippen LogP contribution in [0.4, 0.5) is 4.39 Å². The molecule has 0 radical (unpaired) electrons. The van der Waals surface area contributed by atoms with Crippen LogP contribution >= 0.6 is 23.2 Å². The normalized spacial score (nSPS) is 12.3. The maximum atomic E-state index is 13.3. The van der Waals surface area contributed by atoms with Crippen molar-refractivity contribution in [1.82, 2.24) is 10.2 Å². The number of carbonyl (C=O) groups excluding carboxylic acids is 1. The fourth-order valence-corrected chi connectivity index (χ4v) is 2.25. The van der Waals surface area contributed by atoms with E-state index in [2.05, 4.69) is 5.32 Å². The Morgan fingerprint density at radius 1 is 1.36 bits per heavy atom. The van der Waals surface area contributed by atoms with Crippen LogP contribution < -0.4 is 5.32 Å². The monoisotopic (exact) mass is 350 g/mol. The summed E-state index contributed by atoms with van der Waals surface area (Å²) >= 11 is 11.8. The average Bonchev–Trinajstić information content (AvgIpc) is 2.45. The molecule has 0 aliphatic rings. The van der Waals surface area contributed by atoms with Crippen molar-refractivity contribution in [2.24, 2.45) is 0 Å². The van der Waals surface area contributed by atoms with Crippen LogP contribution in [0.25, 0.3) is 0 Å². The number of halogens is 3. The molecule has 0 fully saturated rings. The number of nitrogens with zero attached hydrogens (tertiary/aromatic N) is 1. The molecule has 0 spiro atoms. The van der Waals surface area contributed by atoms with Crippen LogP contribution in [-0.4, -0.2) is 41.0 Å². The summed E-state index contributed by atoms with van der Waals surface area (Å²) in [6.07, 6.45) is 0. The van der Waals surface area contributed by atoms with E-state index in [-0.39, 0.29) is 22.5 Å². The number of nitrogens with one attached hydrogen (secondary N) is 1. The molecule has 0 aliphatic carbocycles. The SMILES string of the molecule is CC(=O)NCCN(Cc1ccc(F)c(Cl)c1Cl)C(C)C(=O)O. The van der Waals surface area contributed by atoms with Crippen LogP contribution in [0.3, 0.4) is 0 Å². The summed E-state index contributed by atoms with van der Waals surface area (Å²) in [6.45, 7) is 3.67. The first-order valence-corrected chi connectivity index (χ1v) is 7.33. The second kappa shape index (κ2) is 8.31. The van der Waals surface area contributed by atoms with Crippen LogP contribution in [-0.2, 0) is 16.1 Å². The van der Waals surface area contributed by atoms with Gasteiger partial charge in [-0.15, -0.1) is 0 Å². The number of hydrogen-bond acceptors (Lipinski definition) is 3. The summed E-state index contributed by atoms with van der Waals surface area (Å²) in [7, 11) is 0. The van der Waals surface area contributed by atoms with Gasteiger partial charge in [0, 0.05) is 26.6 Å². The van der Waals surface area contributed by atoms with Gasteiger partial charge in [-0.3, -0.25) is 14.5 Å². The van der Waals surface area contributed by atoms with Crippen LogP contribution in [0.2, 0.25) is 10.0 Å². The van der Waals surface area contributed by atoms with E-state index in [4.69, 9.17) is 28.3 Å². The fraction of sp³-hybridized carbons (Fsp3) is 0.429. The Kier molecular flexibility index (Phi) is 7.06. The largest absolute Gasteiger partial charge is 0.480 e. The van der Waals surface area contributed by atoms with Gasteiger partial charge in [0.05, 0.1) is 10.0 Å². The van der Waals surface area contributed by atoms with Gasteiger partial charge in [0.2, 0.25) is 5.91 Å². The third-order valence-corrected chi connectivity index (χ3v) is 4.06. The summed E-state index contributed by atoms with van der Waals surface area (Å²) in [5, 5.41) is 11.6. The van der Waals surface area contributed by atoms with Crippen LogP contribution in [0.15, 0.2) is 12.1 Å². The highest BCUT2D eigenvalue weighted by Crippen LogP contribution is 2.29. The maximum Gasteiger partial charge on any atom is 0.320 e. The topological polar surface area (TPSA) is 69.6 Å². The number of benzene rings is 1. The molecule has 1 rings (SSSR count). The number of carbonyl (C=O) groups is 2. The van der Waals surface area contributed by atoms with Crippen molar-refractivity contribution in [2.45, 2.75) is 26.4 Å². The maximum absolute atomic E-state index is 13.3. The van der Waals surface area contributed by atoms with E-state index < -0.39 is 17.8 Å². The summed E-state index contributed by atoms with van der Waals surface area (Å²) < 4.78 is 13.3. The Hall–Kier alpha value is -1.37. The lowest BCUT2D eigenvalue weighted by molar-refractivity contribution is -0.142. The minimum absolute atomic E-state index is 0.0591. The Morgan fingerprint density at radius 2 is 2.00 bits per heavy atom. The molecule has 0 saturated heterocycles. The van der Waals surface area contributed by atoms with Gasteiger partial charge in [-0.1, -0.05) is 29.3 Å². The zero-order valence-electron chi connectivity index (χ0n) is 12.2. The van der Waals surface area contributed by atoms with E-state index in [1.807, 2.05) is 0 Å².